The fraction of sp³-hybridized carbons (Fsp3) is 0.647. The first-order chi connectivity index (χ1) is 9.85. The molecule has 110 valence electrons. The van der Waals surface area contributed by atoms with Crippen LogP contribution in [0.4, 0.5) is 0 Å². The average molecular weight is 274 g/mol. The predicted octanol–water partition coefficient (Wildman–Crippen LogP) is 2.31. The Kier molecular flexibility index (Phi) is 4.58. The van der Waals surface area contributed by atoms with Gasteiger partial charge in [0, 0.05) is 13.0 Å². The molecule has 20 heavy (non-hydrogen) atoms. The number of rotatable bonds is 5. The molecule has 0 amide bonds. The van der Waals surface area contributed by atoms with Gasteiger partial charge in [0.25, 0.3) is 0 Å². The van der Waals surface area contributed by atoms with E-state index in [9.17, 15) is 0 Å². The molecule has 0 saturated carbocycles. The number of hydrogen-bond acceptors (Lipinski definition) is 3. The minimum atomic E-state index is 0.322. The fourth-order valence-electron chi connectivity index (χ4n) is 3.32. The predicted molar refractivity (Wildman–Crippen MR) is 82.3 cm³/mol. The third-order valence-electron chi connectivity index (χ3n) is 4.67. The molecule has 2 heterocycles. The molecule has 3 heteroatoms. The van der Waals surface area contributed by atoms with Crippen molar-refractivity contribution in [1.29, 1.82) is 0 Å². The van der Waals surface area contributed by atoms with Crippen LogP contribution >= 0.6 is 0 Å². The van der Waals surface area contributed by atoms with Gasteiger partial charge in [-0.3, -0.25) is 0 Å². The highest BCUT2D eigenvalue weighted by molar-refractivity contribution is 5.37. The van der Waals surface area contributed by atoms with E-state index in [1.165, 1.54) is 38.0 Å². The minimum Gasteiger partial charge on any atom is -0.488 e. The maximum Gasteiger partial charge on any atom is 0.123 e. The molecule has 0 aliphatic carbocycles. The molecule has 0 aromatic heterocycles. The van der Waals surface area contributed by atoms with Gasteiger partial charge in [0.1, 0.15) is 11.9 Å². The molecule has 1 N–H and O–H groups in total. The summed E-state index contributed by atoms with van der Waals surface area (Å²) in [5, 5.41) is 3.62. The largest absolute Gasteiger partial charge is 0.488 e. The molecule has 3 nitrogen and oxygen atoms in total. The van der Waals surface area contributed by atoms with E-state index in [0.29, 0.717) is 6.10 Å². The summed E-state index contributed by atoms with van der Waals surface area (Å²) in [7, 11) is 0. The second-order valence-electron chi connectivity index (χ2n) is 6.09. The molecule has 1 atom stereocenters. The lowest BCUT2D eigenvalue weighted by atomic mass is 9.97. The Morgan fingerprint density at radius 1 is 1.20 bits per heavy atom. The molecule has 1 unspecified atom stereocenters. The summed E-state index contributed by atoms with van der Waals surface area (Å²) in [5.41, 5.74) is 1.36. The van der Waals surface area contributed by atoms with Crippen LogP contribution in [0.3, 0.4) is 0 Å². The summed E-state index contributed by atoms with van der Waals surface area (Å²) in [6, 6.07) is 8.40. The zero-order valence-corrected chi connectivity index (χ0v) is 12.5. The first kappa shape index (κ1) is 13.9. The number of benzene rings is 1. The lowest BCUT2D eigenvalue weighted by Crippen LogP contribution is -2.39. The molecule has 2 aliphatic heterocycles. The summed E-state index contributed by atoms with van der Waals surface area (Å²) in [5.74, 6) is 1.93. The van der Waals surface area contributed by atoms with E-state index >= 15 is 0 Å². The van der Waals surface area contributed by atoms with E-state index in [4.69, 9.17) is 4.74 Å². The lowest BCUT2D eigenvalue weighted by molar-refractivity contribution is 0.182. The van der Waals surface area contributed by atoms with Crippen LogP contribution in [-0.4, -0.2) is 43.7 Å². The highest BCUT2D eigenvalue weighted by atomic mass is 16.5. The highest BCUT2D eigenvalue weighted by Crippen LogP contribution is 2.27. The Bertz CT molecular complexity index is 402. The van der Waals surface area contributed by atoms with Crippen LogP contribution in [0.25, 0.3) is 0 Å². The monoisotopic (exact) mass is 274 g/mol. The van der Waals surface area contributed by atoms with Crippen molar-refractivity contribution < 1.29 is 4.74 Å². The molecule has 1 aromatic rings. The number of ether oxygens (including phenoxy) is 1. The van der Waals surface area contributed by atoms with Crippen molar-refractivity contribution in [2.45, 2.75) is 32.3 Å². The lowest BCUT2D eigenvalue weighted by Gasteiger charge is -2.31. The summed E-state index contributed by atoms with van der Waals surface area (Å²) in [4.78, 5) is 2.55. The third-order valence-corrected chi connectivity index (χ3v) is 4.67. The maximum atomic E-state index is 5.96. The highest BCUT2D eigenvalue weighted by Gasteiger charge is 2.23. The van der Waals surface area contributed by atoms with Gasteiger partial charge in [-0.15, -0.1) is 0 Å². The van der Waals surface area contributed by atoms with Gasteiger partial charge < -0.3 is 15.0 Å². The van der Waals surface area contributed by atoms with Gasteiger partial charge in [0.15, 0.2) is 0 Å². The number of likely N-dealkylation sites (tertiary alicyclic amines) is 1. The van der Waals surface area contributed by atoms with Gasteiger partial charge in [-0.2, -0.15) is 0 Å². The third kappa shape index (κ3) is 3.33. The molecule has 0 spiro atoms. The molecule has 0 radical (unpaired) electrons. The standard InChI is InChI=1S/C17H26N2O/c1-2-19-9-7-14(8-10-19)12-18-13-16-11-15-5-3-4-6-17(15)20-16/h3-6,14,16,18H,2,7-13H2,1H3. The van der Waals surface area contributed by atoms with Crippen LogP contribution in [0.15, 0.2) is 24.3 Å². The summed E-state index contributed by atoms with van der Waals surface area (Å²) < 4.78 is 5.96. The number of piperidine rings is 1. The zero-order valence-electron chi connectivity index (χ0n) is 12.5. The van der Waals surface area contributed by atoms with E-state index in [1.807, 2.05) is 0 Å². The Labute approximate surface area is 122 Å². The Morgan fingerprint density at radius 2 is 2.00 bits per heavy atom. The van der Waals surface area contributed by atoms with Crippen molar-refractivity contribution >= 4 is 0 Å². The van der Waals surface area contributed by atoms with E-state index < -0.39 is 0 Å². The van der Waals surface area contributed by atoms with Crippen LogP contribution in [0.5, 0.6) is 5.75 Å². The Hall–Kier alpha value is -1.06. The molecule has 3 rings (SSSR count). The van der Waals surface area contributed by atoms with Crippen molar-refractivity contribution in [1.82, 2.24) is 10.2 Å². The molecular weight excluding hydrogens is 248 g/mol. The van der Waals surface area contributed by atoms with E-state index in [0.717, 1.165) is 31.2 Å². The van der Waals surface area contributed by atoms with E-state index in [2.05, 4.69) is 41.4 Å². The molecule has 1 aromatic carbocycles. The van der Waals surface area contributed by atoms with Gasteiger partial charge in [-0.05, 0) is 56.6 Å². The number of nitrogens with zero attached hydrogens (tertiary/aromatic N) is 1. The van der Waals surface area contributed by atoms with Gasteiger partial charge >= 0.3 is 0 Å². The number of fused-ring (bicyclic) bond motifs is 1. The Balaban J connectivity index is 1.36. The molecular formula is C17H26N2O. The summed E-state index contributed by atoms with van der Waals surface area (Å²) in [6.07, 6.45) is 4.06. The van der Waals surface area contributed by atoms with Crippen LogP contribution in [0.1, 0.15) is 25.3 Å². The molecule has 1 saturated heterocycles. The van der Waals surface area contributed by atoms with Crippen molar-refractivity contribution in [2.24, 2.45) is 5.92 Å². The number of nitrogens with one attached hydrogen (secondary N) is 1. The van der Waals surface area contributed by atoms with Crippen molar-refractivity contribution in [2.75, 3.05) is 32.7 Å². The van der Waals surface area contributed by atoms with E-state index in [1.54, 1.807) is 0 Å². The van der Waals surface area contributed by atoms with Crippen molar-refractivity contribution in [3.8, 4) is 5.75 Å². The van der Waals surface area contributed by atoms with Crippen LogP contribution in [0, 0.1) is 5.92 Å². The average Bonchev–Trinajstić information content (AvgIpc) is 2.90. The van der Waals surface area contributed by atoms with Crippen LogP contribution < -0.4 is 10.1 Å². The minimum absolute atomic E-state index is 0.322. The SMILES string of the molecule is CCN1CCC(CNCC2Cc3ccccc3O2)CC1. The van der Waals surface area contributed by atoms with E-state index in [-0.39, 0.29) is 0 Å². The summed E-state index contributed by atoms with van der Waals surface area (Å²) in [6.45, 7) is 8.13. The van der Waals surface area contributed by atoms with Gasteiger partial charge in [-0.1, -0.05) is 25.1 Å². The van der Waals surface area contributed by atoms with Gasteiger partial charge in [0.2, 0.25) is 0 Å². The summed E-state index contributed by atoms with van der Waals surface area (Å²) >= 11 is 0. The zero-order chi connectivity index (χ0) is 13.8. The van der Waals surface area contributed by atoms with Crippen molar-refractivity contribution in [3.05, 3.63) is 29.8 Å². The Morgan fingerprint density at radius 3 is 2.75 bits per heavy atom. The topological polar surface area (TPSA) is 24.5 Å². The van der Waals surface area contributed by atoms with Gasteiger partial charge in [0.05, 0.1) is 0 Å². The fourth-order valence-corrected chi connectivity index (χ4v) is 3.32. The number of para-hydroxylation sites is 1. The molecule has 1 fully saturated rings. The maximum absolute atomic E-state index is 5.96. The number of hydrogen-bond donors (Lipinski definition) is 1. The van der Waals surface area contributed by atoms with Crippen molar-refractivity contribution in [3.63, 3.8) is 0 Å². The van der Waals surface area contributed by atoms with Crippen LogP contribution in [-0.2, 0) is 6.42 Å². The normalized spacial score (nSPS) is 23.6. The quantitative estimate of drug-likeness (QED) is 0.892. The molecule has 0 bridgehead atoms. The second kappa shape index (κ2) is 6.59. The first-order valence-electron chi connectivity index (χ1n) is 8.02. The van der Waals surface area contributed by atoms with Crippen LogP contribution in [0.2, 0.25) is 0 Å². The second-order valence-corrected chi connectivity index (χ2v) is 6.09. The first-order valence-corrected chi connectivity index (χ1v) is 8.02. The smallest absolute Gasteiger partial charge is 0.123 e. The molecule has 2 aliphatic rings. The van der Waals surface area contributed by atoms with Gasteiger partial charge in [-0.25, -0.2) is 0 Å².